The molecule has 0 saturated carbocycles. The standard InChI is InChI=1S/C37H42N8O4S/c1-4-38-37(49)42-32-18-27(35-41-31(23-50-35)24-11-8-7-9-12-24)29(20-39-32)25-17-28-33(46)30(36(47)48)22-45(34(28)40-19-25)26-13-10-14-44(21-26)16-15-43(5-2)6-3/h7-9,11-12,17-20,22-23,26H,4-6,10,13-16,21H2,1-3H3,(H,47,48)(H2,38,39,42,49)/t26-/m0/s1. The number of nitrogens with zero attached hydrogens (tertiary/aromatic N) is 6. The van der Waals surface area contributed by atoms with Crippen LogP contribution in [-0.2, 0) is 0 Å². The first-order valence-corrected chi connectivity index (χ1v) is 18.0. The number of rotatable bonds is 12. The number of likely N-dealkylation sites (tertiary alicyclic amines) is 1. The predicted molar refractivity (Wildman–Crippen MR) is 198 cm³/mol. The van der Waals surface area contributed by atoms with E-state index in [-0.39, 0.29) is 23.0 Å². The molecule has 1 saturated heterocycles. The maximum absolute atomic E-state index is 13.7. The summed E-state index contributed by atoms with van der Waals surface area (Å²) in [6.07, 6.45) is 6.60. The molecule has 0 bridgehead atoms. The smallest absolute Gasteiger partial charge is 0.341 e. The summed E-state index contributed by atoms with van der Waals surface area (Å²) >= 11 is 1.45. The van der Waals surface area contributed by atoms with E-state index in [0.29, 0.717) is 39.7 Å². The van der Waals surface area contributed by atoms with Gasteiger partial charge in [0.15, 0.2) is 0 Å². The first-order valence-electron chi connectivity index (χ1n) is 17.1. The molecule has 1 atom stereocenters. The number of thiazole rings is 1. The summed E-state index contributed by atoms with van der Waals surface area (Å²) in [6.45, 7) is 12.2. The minimum absolute atomic E-state index is 0.0383. The number of carbonyl (C=O) groups is 2. The average molecular weight is 695 g/mol. The number of hydrogen-bond donors (Lipinski definition) is 3. The molecule has 13 heteroatoms. The van der Waals surface area contributed by atoms with E-state index in [4.69, 9.17) is 9.97 Å². The fourth-order valence-electron chi connectivity index (χ4n) is 6.49. The first kappa shape index (κ1) is 34.9. The summed E-state index contributed by atoms with van der Waals surface area (Å²) in [5.41, 5.74) is 3.25. The highest BCUT2D eigenvalue weighted by molar-refractivity contribution is 7.13. The van der Waals surface area contributed by atoms with E-state index in [1.165, 1.54) is 17.5 Å². The Morgan fingerprint density at radius 2 is 1.84 bits per heavy atom. The molecule has 0 radical (unpaired) electrons. The molecule has 260 valence electrons. The van der Waals surface area contributed by atoms with Crippen LogP contribution in [0, 0.1) is 0 Å². The Morgan fingerprint density at radius 1 is 1.04 bits per heavy atom. The fraction of sp³-hybridized carbons (Fsp3) is 0.351. The Kier molecular flexibility index (Phi) is 11.0. The van der Waals surface area contributed by atoms with E-state index in [1.54, 1.807) is 24.5 Å². The van der Waals surface area contributed by atoms with Crippen molar-refractivity contribution in [2.75, 3.05) is 51.1 Å². The van der Waals surface area contributed by atoms with Gasteiger partial charge in [0, 0.05) is 78.4 Å². The van der Waals surface area contributed by atoms with Crippen molar-refractivity contribution in [2.24, 2.45) is 0 Å². The number of amides is 2. The first-order chi connectivity index (χ1) is 24.3. The van der Waals surface area contributed by atoms with Crippen LogP contribution in [0.1, 0.15) is 50.0 Å². The second-order valence-electron chi connectivity index (χ2n) is 12.3. The molecule has 0 unspecified atom stereocenters. The van der Waals surface area contributed by atoms with E-state index in [0.717, 1.165) is 63.4 Å². The van der Waals surface area contributed by atoms with Crippen LogP contribution in [-0.4, -0.2) is 92.2 Å². The number of benzene rings is 1. The SMILES string of the molecule is CCNC(=O)Nc1cc(-c2nc(-c3ccccc3)cs2)c(-c2cnc3c(c2)c(=O)c(C(=O)O)cn3[C@H]2CCCN(CCN(CC)CC)C2)cn1. The molecule has 0 aliphatic carbocycles. The minimum Gasteiger partial charge on any atom is -0.477 e. The topological polar surface area (TPSA) is 146 Å². The molecule has 2 amide bonds. The van der Waals surface area contributed by atoms with Crippen molar-refractivity contribution in [2.45, 2.75) is 39.7 Å². The molecule has 1 aliphatic heterocycles. The van der Waals surface area contributed by atoms with Gasteiger partial charge >= 0.3 is 12.0 Å². The third-order valence-corrected chi connectivity index (χ3v) is 10.1. The van der Waals surface area contributed by atoms with E-state index >= 15 is 0 Å². The van der Waals surface area contributed by atoms with Crippen LogP contribution < -0.4 is 16.1 Å². The Hall–Kier alpha value is -4.98. The van der Waals surface area contributed by atoms with Crippen LogP contribution in [0.3, 0.4) is 0 Å². The minimum atomic E-state index is -1.27. The van der Waals surface area contributed by atoms with Crippen LogP contribution in [0.25, 0.3) is 44.0 Å². The zero-order valence-electron chi connectivity index (χ0n) is 28.6. The van der Waals surface area contributed by atoms with Gasteiger partial charge < -0.3 is 24.8 Å². The number of fused-ring (bicyclic) bond motifs is 1. The maximum Gasteiger partial charge on any atom is 0.341 e. The summed E-state index contributed by atoms with van der Waals surface area (Å²) in [5.74, 6) is -0.942. The molecular formula is C37H42N8O4S. The van der Waals surface area contributed by atoms with Gasteiger partial charge in [0.05, 0.1) is 11.1 Å². The summed E-state index contributed by atoms with van der Waals surface area (Å²) in [4.78, 5) is 57.5. The number of carbonyl (C=O) groups excluding carboxylic acids is 1. The lowest BCUT2D eigenvalue weighted by Gasteiger charge is -2.35. The number of carboxylic acid groups (broad SMARTS) is 1. The largest absolute Gasteiger partial charge is 0.477 e. The Labute approximate surface area is 294 Å². The fourth-order valence-corrected chi connectivity index (χ4v) is 7.35. The van der Waals surface area contributed by atoms with Crippen molar-refractivity contribution < 1.29 is 14.7 Å². The quantitative estimate of drug-likeness (QED) is 0.142. The second-order valence-corrected chi connectivity index (χ2v) is 13.2. The molecule has 1 aromatic carbocycles. The number of nitrogens with one attached hydrogen (secondary N) is 2. The number of likely N-dealkylation sites (N-methyl/N-ethyl adjacent to an activating group) is 1. The van der Waals surface area contributed by atoms with Crippen LogP contribution in [0.5, 0.6) is 0 Å². The Morgan fingerprint density at radius 3 is 2.58 bits per heavy atom. The molecule has 0 spiro atoms. The summed E-state index contributed by atoms with van der Waals surface area (Å²) in [5, 5.41) is 18.5. The van der Waals surface area contributed by atoms with Gasteiger partial charge in [-0.15, -0.1) is 11.3 Å². The molecule has 1 aliphatic rings. The molecule has 12 nitrogen and oxygen atoms in total. The van der Waals surface area contributed by atoms with Crippen molar-refractivity contribution in [1.82, 2.24) is 34.6 Å². The highest BCUT2D eigenvalue weighted by atomic mass is 32.1. The second kappa shape index (κ2) is 15.7. The zero-order valence-corrected chi connectivity index (χ0v) is 29.4. The molecule has 5 heterocycles. The highest BCUT2D eigenvalue weighted by Gasteiger charge is 2.26. The van der Waals surface area contributed by atoms with Gasteiger partial charge in [-0.2, -0.15) is 0 Å². The van der Waals surface area contributed by atoms with E-state index in [1.807, 2.05) is 47.2 Å². The summed E-state index contributed by atoms with van der Waals surface area (Å²) in [6, 6.07) is 12.9. The molecule has 6 rings (SSSR count). The third-order valence-electron chi connectivity index (χ3n) is 9.20. The number of anilines is 1. The molecular weight excluding hydrogens is 653 g/mol. The number of aromatic carboxylic acids is 1. The number of hydrogen-bond acceptors (Lipinski definition) is 9. The average Bonchev–Trinajstić information content (AvgIpc) is 3.63. The highest BCUT2D eigenvalue weighted by Crippen LogP contribution is 2.37. The number of piperidine rings is 1. The Balaban J connectivity index is 1.42. The molecule has 4 aromatic heterocycles. The van der Waals surface area contributed by atoms with Crippen LogP contribution in [0.15, 0.2) is 71.2 Å². The van der Waals surface area contributed by atoms with Crippen molar-refractivity contribution in [3.8, 4) is 33.0 Å². The van der Waals surface area contributed by atoms with Crippen LogP contribution >= 0.6 is 11.3 Å². The van der Waals surface area contributed by atoms with Crippen molar-refractivity contribution in [1.29, 1.82) is 0 Å². The third kappa shape index (κ3) is 7.59. The van der Waals surface area contributed by atoms with Gasteiger partial charge in [-0.25, -0.2) is 24.5 Å². The predicted octanol–water partition coefficient (Wildman–Crippen LogP) is 6.07. The van der Waals surface area contributed by atoms with E-state index < -0.39 is 11.4 Å². The van der Waals surface area contributed by atoms with Gasteiger partial charge in [0.25, 0.3) is 0 Å². The van der Waals surface area contributed by atoms with E-state index in [9.17, 15) is 19.5 Å². The molecule has 50 heavy (non-hydrogen) atoms. The van der Waals surface area contributed by atoms with Gasteiger partial charge in [-0.1, -0.05) is 44.2 Å². The van der Waals surface area contributed by atoms with Crippen LogP contribution in [0.4, 0.5) is 10.6 Å². The van der Waals surface area contributed by atoms with Gasteiger partial charge in [0.1, 0.15) is 22.0 Å². The van der Waals surface area contributed by atoms with Gasteiger partial charge in [-0.05, 0) is 51.5 Å². The van der Waals surface area contributed by atoms with Gasteiger partial charge in [-0.3, -0.25) is 10.1 Å². The van der Waals surface area contributed by atoms with Crippen LogP contribution in [0.2, 0.25) is 0 Å². The lowest BCUT2D eigenvalue weighted by molar-refractivity contribution is 0.0694. The lowest BCUT2D eigenvalue weighted by Crippen LogP contribution is -2.41. The number of urea groups is 1. The number of pyridine rings is 3. The van der Waals surface area contributed by atoms with Crippen molar-refractivity contribution in [3.63, 3.8) is 0 Å². The summed E-state index contributed by atoms with van der Waals surface area (Å²) < 4.78 is 1.89. The van der Waals surface area contributed by atoms with Gasteiger partial charge in [0.2, 0.25) is 5.43 Å². The molecule has 5 aromatic rings. The Bertz CT molecular complexity index is 2040. The monoisotopic (exact) mass is 694 g/mol. The lowest BCUT2D eigenvalue weighted by atomic mass is 10.0. The molecule has 3 N–H and O–H groups in total. The number of carboxylic acids is 1. The normalized spacial score (nSPS) is 15.0. The zero-order chi connectivity index (χ0) is 35.2. The maximum atomic E-state index is 13.7. The molecule has 1 fully saturated rings. The van der Waals surface area contributed by atoms with E-state index in [2.05, 4.69) is 39.3 Å². The summed E-state index contributed by atoms with van der Waals surface area (Å²) in [7, 11) is 0. The van der Waals surface area contributed by atoms with Crippen molar-refractivity contribution >= 4 is 40.2 Å². The van der Waals surface area contributed by atoms with Crippen molar-refractivity contribution in [3.05, 3.63) is 82.2 Å². The number of aromatic nitrogens is 4.